The largest absolute Gasteiger partial charge is 0.466 e. The molecule has 0 bridgehead atoms. The van der Waals surface area contributed by atoms with Gasteiger partial charge in [-0.2, -0.15) is 0 Å². The van der Waals surface area contributed by atoms with E-state index in [1.807, 2.05) is 0 Å². The van der Waals surface area contributed by atoms with Gasteiger partial charge >= 0.3 is 11.9 Å². The van der Waals surface area contributed by atoms with Gasteiger partial charge < -0.3 is 28.7 Å². The van der Waals surface area contributed by atoms with Gasteiger partial charge in [0.1, 0.15) is 6.10 Å². The number of ether oxygens (including phenoxy) is 4. The fourth-order valence-electron chi connectivity index (χ4n) is 3.04. The highest BCUT2D eigenvalue weighted by Gasteiger charge is 2.37. The van der Waals surface area contributed by atoms with E-state index in [9.17, 15) is 19.2 Å². The van der Waals surface area contributed by atoms with Crippen LogP contribution in [0, 0.1) is 0 Å². The van der Waals surface area contributed by atoms with Crippen molar-refractivity contribution in [2.45, 2.75) is 31.9 Å². The smallest absolute Gasteiger partial charge is 0.331 e. The van der Waals surface area contributed by atoms with Crippen LogP contribution in [0.5, 0.6) is 0 Å². The van der Waals surface area contributed by atoms with Crippen molar-refractivity contribution in [1.29, 1.82) is 0 Å². The molecule has 1 aliphatic heterocycles. The predicted molar refractivity (Wildman–Crippen MR) is 102 cm³/mol. The molecule has 0 saturated carbocycles. The number of hydrogen-bond acceptors (Lipinski definition) is 8. The monoisotopic (exact) mass is 414 g/mol. The minimum atomic E-state index is -0.710. The molecule has 0 aromatic carbocycles. The number of methoxy groups -OCH3 is 3. The molecular weight excluding hydrogens is 384 g/mol. The van der Waals surface area contributed by atoms with Crippen molar-refractivity contribution < 1.29 is 38.1 Å². The average molecular weight is 414 g/mol. The Balaban J connectivity index is 2.71. The second kappa shape index (κ2) is 12.9. The predicted octanol–water partition coefficient (Wildman–Crippen LogP) is -0.240. The zero-order valence-corrected chi connectivity index (χ0v) is 17.4. The Bertz CT molecular complexity index is 599. The fourth-order valence-corrected chi connectivity index (χ4v) is 3.04. The van der Waals surface area contributed by atoms with Crippen LogP contribution in [0.3, 0.4) is 0 Å². The summed E-state index contributed by atoms with van der Waals surface area (Å²) in [6, 6.07) is -0.380. The minimum absolute atomic E-state index is 0.110. The van der Waals surface area contributed by atoms with E-state index in [1.54, 1.807) is 19.1 Å². The van der Waals surface area contributed by atoms with Crippen LogP contribution >= 0.6 is 0 Å². The lowest BCUT2D eigenvalue weighted by molar-refractivity contribution is -0.144. The molecule has 0 spiro atoms. The lowest BCUT2D eigenvalue weighted by atomic mass is 10.1. The van der Waals surface area contributed by atoms with Gasteiger partial charge in [-0.15, -0.1) is 0 Å². The molecule has 0 aromatic rings. The molecule has 0 radical (unpaired) electrons. The lowest BCUT2D eigenvalue weighted by Crippen LogP contribution is -2.42. The normalized spacial score (nSPS) is 18.7. The fraction of sp³-hybridized carbons (Fsp3) is 0.684. The van der Waals surface area contributed by atoms with Gasteiger partial charge in [-0.3, -0.25) is 9.59 Å². The molecule has 1 rings (SSSR count). The van der Waals surface area contributed by atoms with E-state index < -0.39 is 18.0 Å². The lowest BCUT2D eigenvalue weighted by Gasteiger charge is -2.27. The summed E-state index contributed by atoms with van der Waals surface area (Å²) in [4.78, 5) is 50.8. The molecule has 164 valence electrons. The summed E-state index contributed by atoms with van der Waals surface area (Å²) in [5.41, 5.74) is 0. The van der Waals surface area contributed by atoms with Gasteiger partial charge in [0.05, 0.1) is 26.9 Å². The molecule has 0 N–H and O–H groups in total. The van der Waals surface area contributed by atoms with E-state index in [0.717, 1.165) is 12.2 Å². The first-order chi connectivity index (χ1) is 13.8. The average Bonchev–Trinajstić information content (AvgIpc) is 3.08. The van der Waals surface area contributed by atoms with Crippen LogP contribution in [0.1, 0.15) is 19.8 Å². The zero-order chi connectivity index (χ0) is 21.8. The van der Waals surface area contributed by atoms with E-state index >= 15 is 0 Å². The summed E-state index contributed by atoms with van der Waals surface area (Å²) in [5, 5.41) is 0. The summed E-state index contributed by atoms with van der Waals surface area (Å²) in [7, 11) is 4.31. The Morgan fingerprint density at radius 3 is 2.10 bits per heavy atom. The van der Waals surface area contributed by atoms with Gasteiger partial charge in [0, 0.05) is 65.3 Å². The molecule has 10 heteroatoms. The quantitative estimate of drug-likeness (QED) is 0.336. The molecule has 29 heavy (non-hydrogen) atoms. The standard InChI is InChI=1S/C19H30N2O8/c1-14(22)21-13-16(29-19(25)6-5-18(24)28-4)11-15(21)12-17(23)20(7-9-26-2)8-10-27-3/h5-6,15-16H,7-13H2,1-4H3/b6-5+/t15-,16+/m0/s1. The van der Waals surface area contributed by atoms with Gasteiger partial charge in [0.15, 0.2) is 0 Å². The van der Waals surface area contributed by atoms with Gasteiger partial charge in [-0.1, -0.05) is 0 Å². The first-order valence-corrected chi connectivity index (χ1v) is 9.31. The minimum Gasteiger partial charge on any atom is -0.466 e. The number of likely N-dealkylation sites (tertiary alicyclic amines) is 1. The van der Waals surface area contributed by atoms with Gasteiger partial charge in [0.25, 0.3) is 0 Å². The SMILES string of the molecule is COCCN(CCOC)C(=O)C[C@@H]1C[C@@H](OC(=O)/C=C/C(=O)OC)CN1C(C)=O. The van der Waals surface area contributed by atoms with Crippen molar-refractivity contribution >= 4 is 23.8 Å². The van der Waals surface area contributed by atoms with Gasteiger partial charge in [-0.25, -0.2) is 9.59 Å². The van der Waals surface area contributed by atoms with Crippen LogP contribution in [-0.4, -0.2) is 99.9 Å². The number of carbonyl (C=O) groups is 4. The number of carbonyl (C=O) groups excluding carboxylic acids is 4. The third kappa shape index (κ3) is 8.61. The summed E-state index contributed by atoms with van der Waals surface area (Å²) in [5.74, 6) is -1.72. The Morgan fingerprint density at radius 2 is 1.59 bits per heavy atom. The summed E-state index contributed by atoms with van der Waals surface area (Å²) in [6.45, 7) is 3.23. The molecule has 2 amide bonds. The summed E-state index contributed by atoms with van der Waals surface area (Å²) < 4.78 is 19.8. The topological polar surface area (TPSA) is 112 Å². The molecule has 0 aromatic heterocycles. The van der Waals surface area contributed by atoms with E-state index in [4.69, 9.17) is 14.2 Å². The van der Waals surface area contributed by atoms with E-state index in [0.29, 0.717) is 32.7 Å². The highest BCUT2D eigenvalue weighted by Crippen LogP contribution is 2.24. The maximum atomic E-state index is 12.7. The van der Waals surface area contributed by atoms with Crippen molar-refractivity contribution in [2.75, 3.05) is 54.2 Å². The molecule has 1 heterocycles. The maximum Gasteiger partial charge on any atom is 0.331 e. The van der Waals surface area contributed by atoms with Crippen molar-refractivity contribution in [2.24, 2.45) is 0 Å². The highest BCUT2D eigenvalue weighted by molar-refractivity contribution is 5.91. The molecular formula is C19H30N2O8. The molecule has 2 atom stereocenters. The van der Waals surface area contributed by atoms with E-state index in [-0.39, 0.29) is 30.8 Å². The Labute approximate surface area is 170 Å². The van der Waals surface area contributed by atoms with Crippen LogP contribution in [0.25, 0.3) is 0 Å². The second-order valence-corrected chi connectivity index (χ2v) is 6.55. The number of hydrogen-bond donors (Lipinski definition) is 0. The summed E-state index contributed by atoms with van der Waals surface area (Å²) in [6.07, 6.45) is 1.83. The van der Waals surface area contributed by atoms with Crippen LogP contribution < -0.4 is 0 Å². The second-order valence-electron chi connectivity index (χ2n) is 6.55. The first-order valence-electron chi connectivity index (χ1n) is 9.31. The molecule has 0 unspecified atom stereocenters. The van der Waals surface area contributed by atoms with Gasteiger partial charge in [0.2, 0.25) is 11.8 Å². The van der Waals surface area contributed by atoms with Crippen LogP contribution in [0.15, 0.2) is 12.2 Å². The van der Waals surface area contributed by atoms with Crippen LogP contribution in [0.2, 0.25) is 0 Å². The highest BCUT2D eigenvalue weighted by atomic mass is 16.5. The van der Waals surface area contributed by atoms with Crippen molar-refractivity contribution in [3.05, 3.63) is 12.2 Å². The maximum absolute atomic E-state index is 12.7. The number of nitrogens with zero attached hydrogens (tertiary/aromatic N) is 2. The summed E-state index contributed by atoms with van der Waals surface area (Å²) >= 11 is 0. The molecule has 1 aliphatic rings. The van der Waals surface area contributed by atoms with E-state index in [1.165, 1.54) is 18.9 Å². The van der Waals surface area contributed by atoms with E-state index in [2.05, 4.69) is 4.74 Å². The Kier molecular flexibility index (Phi) is 10.9. The van der Waals surface area contributed by atoms with Crippen molar-refractivity contribution in [3.63, 3.8) is 0 Å². The third-order valence-electron chi connectivity index (χ3n) is 4.51. The molecule has 1 fully saturated rings. The van der Waals surface area contributed by atoms with Crippen LogP contribution in [0.4, 0.5) is 0 Å². The Hall–Kier alpha value is -2.46. The molecule has 10 nitrogen and oxygen atoms in total. The van der Waals surface area contributed by atoms with Crippen molar-refractivity contribution in [1.82, 2.24) is 9.80 Å². The van der Waals surface area contributed by atoms with Gasteiger partial charge in [-0.05, 0) is 0 Å². The molecule has 1 saturated heterocycles. The molecule has 0 aliphatic carbocycles. The number of rotatable bonds is 11. The number of esters is 2. The zero-order valence-electron chi connectivity index (χ0n) is 17.4. The van der Waals surface area contributed by atoms with Crippen LogP contribution in [-0.2, 0) is 38.1 Å². The third-order valence-corrected chi connectivity index (χ3v) is 4.51. The first kappa shape index (κ1) is 24.6. The van der Waals surface area contributed by atoms with Crippen molar-refractivity contribution in [3.8, 4) is 0 Å². The number of amides is 2. The Morgan fingerprint density at radius 1 is 1.00 bits per heavy atom.